The summed E-state index contributed by atoms with van der Waals surface area (Å²) in [6, 6.07) is 3.76. The molecule has 1 aromatic carbocycles. The molecule has 0 bridgehead atoms. The highest BCUT2D eigenvalue weighted by Gasteiger charge is 2.55. The summed E-state index contributed by atoms with van der Waals surface area (Å²) in [6.07, 6.45) is 0.725. The third kappa shape index (κ3) is 2.79. The number of carbonyl (C=O) groups excluding carboxylic acids is 2. The van der Waals surface area contributed by atoms with Crippen LogP contribution in [0.15, 0.2) is 18.2 Å². The first-order valence-electron chi connectivity index (χ1n) is 8.42. The Morgan fingerprint density at radius 1 is 1.31 bits per heavy atom. The zero-order valence-corrected chi connectivity index (χ0v) is 14.7. The molecule has 2 aliphatic rings. The molecule has 1 spiro atoms. The van der Waals surface area contributed by atoms with Gasteiger partial charge >= 0.3 is 5.97 Å². The number of benzene rings is 1. The molecule has 2 amide bonds. The van der Waals surface area contributed by atoms with E-state index >= 15 is 0 Å². The average Bonchev–Trinajstić information content (AvgIpc) is 2.87. The Kier molecular flexibility index (Phi) is 4.60. The molecule has 0 saturated carbocycles. The lowest BCUT2D eigenvalue weighted by atomic mass is 9.77. The second kappa shape index (κ2) is 6.59. The Balaban J connectivity index is 1.80. The number of hydrogen-bond donors (Lipinski definition) is 1. The highest BCUT2D eigenvalue weighted by Crippen LogP contribution is 2.43. The molecule has 7 nitrogen and oxygen atoms in total. The van der Waals surface area contributed by atoms with E-state index in [0.717, 1.165) is 6.07 Å². The number of rotatable bonds is 3. The summed E-state index contributed by atoms with van der Waals surface area (Å²) in [4.78, 5) is 39.5. The molecular formula is C18H21FN2O5. The van der Waals surface area contributed by atoms with Crippen molar-refractivity contribution in [2.24, 2.45) is 5.92 Å². The minimum absolute atomic E-state index is 0.0164. The molecular weight excluding hydrogens is 343 g/mol. The number of likely N-dealkylation sites (tertiary alicyclic amines) is 2. The molecule has 0 aromatic heterocycles. The lowest BCUT2D eigenvalue weighted by molar-refractivity contribution is -0.145. The lowest BCUT2D eigenvalue weighted by Crippen LogP contribution is -2.57. The van der Waals surface area contributed by atoms with E-state index in [1.165, 1.54) is 24.1 Å². The van der Waals surface area contributed by atoms with Crippen molar-refractivity contribution in [2.45, 2.75) is 24.8 Å². The third-order valence-electron chi connectivity index (χ3n) is 5.68. The quantitative estimate of drug-likeness (QED) is 0.875. The molecule has 0 unspecified atom stereocenters. The maximum Gasteiger partial charge on any atom is 0.309 e. The summed E-state index contributed by atoms with van der Waals surface area (Å²) in [5.41, 5.74) is -0.639. The normalized spacial score (nSPS) is 22.0. The van der Waals surface area contributed by atoms with E-state index in [1.807, 2.05) is 0 Å². The van der Waals surface area contributed by atoms with Gasteiger partial charge in [0.1, 0.15) is 11.6 Å². The van der Waals surface area contributed by atoms with Gasteiger partial charge in [0.15, 0.2) is 0 Å². The van der Waals surface area contributed by atoms with Gasteiger partial charge in [-0.2, -0.15) is 0 Å². The highest BCUT2D eigenvalue weighted by atomic mass is 19.1. The summed E-state index contributed by atoms with van der Waals surface area (Å²) >= 11 is 0. The number of methoxy groups -OCH3 is 1. The van der Waals surface area contributed by atoms with Gasteiger partial charge in [0.2, 0.25) is 5.91 Å². The van der Waals surface area contributed by atoms with Crippen molar-refractivity contribution in [3.8, 4) is 5.75 Å². The van der Waals surface area contributed by atoms with E-state index in [0.29, 0.717) is 25.9 Å². The topological polar surface area (TPSA) is 87.1 Å². The number of nitrogens with zero attached hydrogens (tertiary/aromatic N) is 2. The predicted molar refractivity (Wildman–Crippen MR) is 89.3 cm³/mol. The first-order chi connectivity index (χ1) is 12.3. The fraction of sp³-hybridized carbons (Fsp3) is 0.500. The van der Waals surface area contributed by atoms with Gasteiger partial charge in [0.05, 0.1) is 24.1 Å². The van der Waals surface area contributed by atoms with E-state index in [2.05, 4.69) is 0 Å². The Morgan fingerprint density at radius 3 is 2.54 bits per heavy atom. The van der Waals surface area contributed by atoms with Crippen LogP contribution in [0.5, 0.6) is 5.75 Å². The van der Waals surface area contributed by atoms with Crippen LogP contribution >= 0.6 is 0 Å². The van der Waals surface area contributed by atoms with Crippen molar-refractivity contribution in [1.82, 2.24) is 9.80 Å². The first-order valence-corrected chi connectivity index (χ1v) is 8.42. The van der Waals surface area contributed by atoms with E-state index in [9.17, 15) is 23.9 Å². The number of halogens is 1. The fourth-order valence-corrected chi connectivity index (χ4v) is 4.10. The van der Waals surface area contributed by atoms with Crippen molar-refractivity contribution < 1.29 is 28.6 Å². The Labute approximate surface area is 150 Å². The van der Waals surface area contributed by atoms with Crippen LogP contribution in [0.3, 0.4) is 0 Å². The van der Waals surface area contributed by atoms with Crippen LogP contribution in [0.25, 0.3) is 0 Å². The molecule has 2 aliphatic heterocycles. The highest BCUT2D eigenvalue weighted by molar-refractivity contribution is 5.97. The molecule has 0 aliphatic carbocycles. The molecule has 1 aromatic rings. The summed E-state index contributed by atoms with van der Waals surface area (Å²) in [5.74, 6) is -2.57. The first kappa shape index (κ1) is 18.2. The SMILES string of the molecule is COc1ccc(F)cc1C(=O)N1CCC2(CC1)[C@@H](C(=O)O)CC(=O)N2C. The maximum absolute atomic E-state index is 13.6. The van der Waals surface area contributed by atoms with E-state index < -0.39 is 23.2 Å². The Hall–Kier alpha value is -2.64. The Morgan fingerprint density at radius 2 is 1.96 bits per heavy atom. The number of hydrogen-bond acceptors (Lipinski definition) is 4. The molecule has 140 valence electrons. The number of ether oxygens (including phenoxy) is 1. The zero-order valence-electron chi connectivity index (χ0n) is 14.7. The molecule has 1 N–H and O–H groups in total. The second-order valence-electron chi connectivity index (χ2n) is 6.79. The van der Waals surface area contributed by atoms with Crippen molar-refractivity contribution in [3.63, 3.8) is 0 Å². The van der Waals surface area contributed by atoms with Gasteiger partial charge < -0.3 is 19.6 Å². The van der Waals surface area contributed by atoms with E-state index in [-0.39, 0.29) is 29.5 Å². The van der Waals surface area contributed by atoms with Gasteiger partial charge in [0, 0.05) is 26.6 Å². The van der Waals surface area contributed by atoms with Gasteiger partial charge in [-0.25, -0.2) is 4.39 Å². The van der Waals surface area contributed by atoms with Crippen LogP contribution in [0.2, 0.25) is 0 Å². The van der Waals surface area contributed by atoms with Crippen molar-refractivity contribution in [1.29, 1.82) is 0 Å². The summed E-state index contributed by atoms with van der Waals surface area (Å²) in [7, 11) is 3.03. The number of carboxylic acids is 1. The number of aliphatic carboxylic acids is 1. The monoisotopic (exact) mass is 364 g/mol. The van der Waals surface area contributed by atoms with Gasteiger partial charge in [0.25, 0.3) is 5.91 Å². The molecule has 2 saturated heterocycles. The van der Waals surface area contributed by atoms with Crippen LogP contribution in [-0.2, 0) is 9.59 Å². The van der Waals surface area contributed by atoms with Crippen molar-refractivity contribution in [3.05, 3.63) is 29.6 Å². The average molecular weight is 364 g/mol. The summed E-state index contributed by atoms with van der Waals surface area (Å²) in [5, 5.41) is 9.50. The fourth-order valence-electron chi connectivity index (χ4n) is 4.10. The van der Waals surface area contributed by atoms with Gasteiger partial charge in [-0.1, -0.05) is 0 Å². The molecule has 3 rings (SSSR count). The predicted octanol–water partition coefficient (Wildman–Crippen LogP) is 1.37. The van der Waals surface area contributed by atoms with Gasteiger partial charge in [-0.15, -0.1) is 0 Å². The Bertz CT molecular complexity index is 758. The van der Waals surface area contributed by atoms with Crippen LogP contribution in [0, 0.1) is 11.7 Å². The van der Waals surface area contributed by atoms with Gasteiger partial charge in [-0.3, -0.25) is 14.4 Å². The summed E-state index contributed by atoms with van der Waals surface area (Å²) < 4.78 is 18.7. The largest absolute Gasteiger partial charge is 0.496 e. The number of piperidine rings is 1. The molecule has 2 fully saturated rings. The van der Waals surface area contributed by atoms with Gasteiger partial charge in [-0.05, 0) is 31.0 Å². The number of amides is 2. The standard InChI is InChI=1S/C18H21FN2O5/c1-20-15(22)10-13(17(24)25)18(20)5-7-21(8-6-18)16(23)12-9-11(19)3-4-14(12)26-2/h3-4,9,13H,5-8,10H2,1-2H3,(H,24,25)/t13-/m1/s1. The van der Waals surface area contributed by atoms with Crippen LogP contribution in [0.4, 0.5) is 4.39 Å². The van der Waals surface area contributed by atoms with E-state index in [1.54, 1.807) is 11.9 Å². The van der Waals surface area contributed by atoms with Crippen LogP contribution in [0.1, 0.15) is 29.6 Å². The number of carbonyl (C=O) groups is 3. The number of carboxylic acid groups (broad SMARTS) is 1. The smallest absolute Gasteiger partial charge is 0.309 e. The molecule has 8 heteroatoms. The van der Waals surface area contributed by atoms with Crippen molar-refractivity contribution in [2.75, 3.05) is 27.2 Å². The third-order valence-corrected chi connectivity index (χ3v) is 5.68. The summed E-state index contributed by atoms with van der Waals surface area (Å²) in [6.45, 7) is 0.583. The minimum Gasteiger partial charge on any atom is -0.496 e. The second-order valence-corrected chi connectivity index (χ2v) is 6.79. The van der Waals surface area contributed by atoms with Crippen LogP contribution in [-0.4, -0.2) is 65.5 Å². The zero-order chi connectivity index (χ0) is 19.1. The lowest BCUT2D eigenvalue weighted by Gasteiger charge is -2.45. The molecule has 0 radical (unpaired) electrons. The minimum atomic E-state index is -0.991. The van der Waals surface area contributed by atoms with Crippen molar-refractivity contribution >= 4 is 17.8 Å². The van der Waals surface area contributed by atoms with E-state index in [4.69, 9.17) is 4.74 Å². The molecule has 2 heterocycles. The maximum atomic E-state index is 13.6. The van der Waals surface area contributed by atoms with Crippen LogP contribution < -0.4 is 4.74 Å². The molecule has 1 atom stereocenters. The molecule has 26 heavy (non-hydrogen) atoms.